The quantitative estimate of drug-likeness (QED) is 0.221. The van der Waals surface area contributed by atoms with Gasteiger partial charge in [-0.25, -0.2) is 0 Å². The molecule has 9 aromatic rings. The fourth-order valence-electron chi connectivity index (χ4n) is 7.11. The van der Waals surface area contributed by atoms with Gasteiger partial charge in [0.15, 0.2) is 0 Å². The van der Waals surface area contributed by atoms with Gasteiger partial charge in [0, 0.05) is 21.8 Å². The maximum Gasteiger partial charge on any atom is 0.121 e. The van der Waals surface area contributed by atoms with Crippen molar-refractivity contribution in [3.8, 4) is 33.6 Å². The molecule has 0 saturated carbocycles. The van der Waals surface area contributed by atoms with Gasteiger partial charge in [-0.1, -0.05) is 91.0 Å². The standard InChI is InChI=1S/C38H22N4/c1-2-9-25(10-3-1)42-39-32-20-17-23-16-19-26(22-31(23)38(32)40-42)41-33-15-7-14-30-28-12-5-4-11-27(28)29-13-6-8-24-18-21-34(41)37(35(24)29)36(30)33/h1-22H. The molecule has 194 valence electrons. The SMILES string of the molecule is c1ccc(-n2nc3ccc4ccc(-n5c6cccc7c6c6c8c(cccc8ccc65)-c5ccccc5-7)cc4c3n2)cc1. The second kappa shape index (κ2) is 7.93. The number of nitrogens with zero attached hydrogens (tertiary/aromatic N) is 4. The molecule has 0 atom stereocenters. The van der Waals surface area contributed by atoms with Crippen LogP contribution in [0.1, 0.15) is 0 Å². The summed E-state index contributed by atoms with van der Waals surface area (Å²) in [6.07, 6.45) is 0. The lowest BCUT2D eigenvalue weighted by molar-refractivity contribution is 0.766. The van der Waals surface area contributed by atoms with Crippen LogP contribution in [-0.4, -0.2) is 19.6 Å². The predicted molar refractivity (Wildman–Crippen MR) is 173 cm³/mol. The third-order valence-corrected chi connectivity index (χ3v) is 8.90. The molecule has 0 unspecified atom stereocenters. The van der Waals surface area contributed by atoms with Gasteiger partial charge in [-0.05, 0) is 80.9 Å². The van der Waals surface area contributed by atoms with Gasteiger partial charge < -0.3 is 4.57 Å². The Bertz CT molecular complexity index is 2570. The molecule has 2 heterocycles. The highest BCUT2D eigenvalue weighted by Crippen LogP contribution is 2.49. The van der Waals surface area contributed by atoms with Crippen molar-refractivity contribution in [3.63, 3.8) is 0 Å². The second-order valence-corrected chi connectivity index (χ2v) is 11.1. The van der Waals surface area contributed by atoms with Crippen molar-refractivity contribution >= 4 is 54.4 Å². The Morgan fingerprint density at radius 3 is 1.98 bits per heavy atom. The van der Waals surface area contributed by atoms with Crippen LogP contribution in [0.4, 0.5) is 0 Å². The van der Waals surface area contributed by atoms with Gasteiger partial charge in [-0.2, -0.15) is 4.80 Å². The maximum absolute atomic E-state index is 4.96. The molecule has 0 N–H and O–H groups in total. The van der Waals surface area contributed by atoms with Crippen LogP contribution in [-0.2, 0) is 0 Å². The maximum atomic E-state index is 4.96. The molecule has 42 heavy (non-hydrogen) atoms. The van der Waals surface area contributed by atoms with E-state index in [0.717, 1.165) is 33.2 Å². The molecule has 0 aliphatic heterocycles. The van der Waals surface area contributed by atoms with E-state index in [2.05, 4.69) is 108 Å². The molecule has 0 amide bonds. The van der Waals surface area contributed by atoms with Crippen LogP contribution in [0.15, 0.2) is 133 Å². The summed E-state index contributed by atoms with van der Waals surface area (Å²) in [4.78, 5) is 1.74. The first-order valence-corrected chi connectivity index (χ1v) is 14.3. The van der Waals surface area contributed by atoms with Crippen molar-refractivity contribution in [2.24, 2.45) is 0 Å². The topological polar surface area (TPSA) is 35.6 Å². The smallest absolute Gasteiger partial charge is 0.121 e. The summed E-state index contributed by atoms with van der Waals surface area (Å²) in [5.41, 5.74) is 11.4. The summed E-state index contributed by atoms with van der Waals surface area (Å²) in [6.45, 7) is 0. The molecular formula is C38H22N4. The zero-order valence-corrected chi connectivity index (χ0v) is 22.5. The van der Waals surface area contributed by atoms with Crippen LogP contribution in [0.2, 0.25) is 0 Å². The molecule has 7 aromatic carbocycles. The van der Waals surface area contributed by atoms with Crippen molar-refractivity contribution in [2.75, 3.05) is 0 Å². The highest BCUT2D eigenvalue weighted by atomic mass is 15.5. The van der Waals surface area contributed by atoms with Crippen molar-refractivity contribution < 1.29 is 0 Å². The first kappa shape index (κ1) is 22.0. The minimum Gasteiger partial charge on any atom is -0.309 e. The number of benzene rings is 7. The van der Waals surface area contributed by atoms with Crippen molar-refractivity contribution in [2.45, 2.75) is 0 Å². The molecule has 0 radical (unpaired) electrons. The predicted octanol–water partition coefficient (Wildman–Crippen LogP) is 9.47. The summed E-state index contributed by atoms with van der Waals surface area (Å²) in [5.74, 6) is 0. The van der Waals surface area contributed by atoms with E-state index in [4.69, 9.17) is 10.2 Å². The molecule has 0 saturated heterocycles. The van der Waals surface area contributed by atoms with Crippen LogP contribution in [0, 0.1) is 0 Å². The van der Waals surface area contributed by atoms with Gasteiger partial charge in [0.1, 0.15) is 11.0 Å². The molecule has 0 bridgehead atoms. The van der Waals surface area contributed by atoms with Gasteiger partial charge in [0.25, 0.3) is 0 Å². The van der Waals surface area contributed by atoms with Gasteiger partial charge >= 0.3 is 0 Å². The van der Waals surface area contributed by atoms with Gasteiger partial charge in [-0.3, -0.25) is 0 Å². The first-order valence-electron chi connectivity index (χ1n) is 14.3. The largest absolute Gasteiger partial charge is 0.309 e. The zero-order valence-electron chi connectivity index (χ0n) is 22.5. The van der Waals surface area contributed by atoms with Crippen LogP contribution in [0.25, 0.3) is 88.0 Å². The fraction of sp³-hybridized carbons (Fsp3) is 0. The van der Waals surface area contributed by atoms with E-state index in [1.165, 1.54) is 54.8 Å². The summed E-state index contributed by atoms with van der Waals surface area (Å²) >= 11 is 0. The summed E-state index contributed by atoms with van der Waals surface area (Å²) in [6, 6.07) is 47.8. The van der Waals surface area contributed by atoms with Crippen molar-refractivity contribution in [3.05, 3.63) is 133 Å². The van der Waals surface area contributed by atoms with E-state index in [-0.39, 0.29) is 0 Å². The Labute approximate surface area is 240 Å². The average molecular weight is 535 g/mol. The molecule has 0 spiro atoms. The second-order valence-electron chi connectivity index (χ2n) is 11.1. The molecule has 1 aliphatic carbocycles. The minimum absolute atomic E-state index is 0.884. The average Bonchev–Trinajstić information content (AvgIpc) is 3.61. The van der Waals surface area contributed by atoms with Crippen LogP contribution >= 0.6 is 0 Å². The Balaban J connectivity index is 1.32. The zero-order chi connectivity index (χ0) is 27.4. The normalized spacial score (nSPS) is 12.3. The van der Waals surface area contributed by atoms with Gasteiger partial charge in [0.2, 0.25) is 0 Å². The number of hydrogen-bond acceptors (Lipinski definition) is 2. The van der Waals surface area contributed by atoms with E-state index < -0.39 is 0 Å². The van der Waals surface area contributed by atoms with Crippen LogP contribution < -0.4 is 0 Å². The van der Waals surface area contributed by atoms with Crippen molar-refractivity contribution in [1.29, 1.82) is 0 Å². The highest BCUT2D eigenvalue weighted by molar-refractivity contribution is 6.30. The Hall–Kier alpha value is -5.74. The molecule has 4 heteroatoms. The minimum atomic E-state index is 0.884. The van der Waals surface area contributed by atoms with E-state index in [0.29, 0.717) is 0 Å². The summed E-state index contributed by atoms with van der Waals surface area (Å²) < 4.78 is 2.43. The van der Waals surface area contributed by atoms with Gasteiger partial charge in [0.05, 0.1) is 16.7 Å². The lowest BCUT2D eigenvalue weighted by Gasteiger charge is -2.14. The van der Waals surface area contributed by atoms with E-state index in [9.17, 15) is 0 Å². The van der Waals surface area contributed by atoms with E-state index >= 15 is 0 Å². The third-order valence-electron chi connectivity index (χ3n) is 8.90. The number of rotatable bonds is 2. The Morgan fingerprint density at radius 2 is 1.12 bits per heavy atom. The molecule has 4 nitrogen and oxygen atoms in total. The monoisotopic (exact) mass is 534 g/mol. The first-order chi connectivity index (χ1) is 20.8. The summed E-state index contributed by atoms with van der Waals surface area (Å²) in [5, 5.41) is 17.2. The Morgan fingerprint density at radius 1 is 0.429 bits per heavy atom. The van der Waals surface area contributed by atoms with E-state index in [1.807, 2.05) is 30.3 Å². The molecule has 2 aromatic heterocycles. The van der Waals surface area contributed by atoms with Crippen molar-refractivity contribution in [1.82, 2.24) is 19.6 Å². The van der Waals surface area contributed by atoms with Gasteiger partial charge in [-0.15, -0.1) is 10.2 Å². The number of para-hydroxylation sites is 1. The highest BCUT2D eigenvalue weighted by Gasteiger charge is 2.24. The molecule has 1 aliphatic rings. The van der Waals surface area contributed by atoms with Crippen LogP contribution in [0.5, 0.6) is 0 Å². The molecular weight excluding hydrogens is 512 g/mol. The Kier molecular flexibility index (Phi) is 4.15. The van der Waals surface area contributed by atoms with Crippen LogP contribution in [0.3, 0.4) is 0 Å². The number of fused-ring (bicyclic) bond motifs is 6. The number of aromatic nitrogens is 4. The number of hydrogen-bond donors (Lipinski definition) is 0. The lowest BCUT2D eigenvalue weighted by atomic mass is 9.93. The molecule has 10 rings (SSSR count). The fourth-order valence-corrected chi connectivity index (χ4v) is 7.11. The third kappa shape index (κ3) is 2.80. The summed E-state index contributed by atoms with van der Waals surface area (Å²) in [7, 11) is 0. The van der Waals surface area contributed by atoms with E-state index in [1.54, 1.807) is 4.80 Å². The molecule has 0 fully saturated rings. The lowest BCUT2D eigenvalue weighted by Crippen LogP contribution is -1.97.